The third-order valence-corrected chi connectivity index (χ3v) is 3.36. The van der Waals surface area contributed by atoms with Crippen molar-refractivity contribution in [2.24, 2.45) is 0 Å². The van der Waals surface area contributed by atoms with E-state index < -0.39 is 12.0 Å². The van der Waals surface area contributed by atoms with E-state index in [4.69, 9.17) is 15.6 Å². The number of nitrogens with zero attached hydrogens (tertiary/aromatic N) is 1. The van der Waals surface area contributed by atoms with Gasteiger partial charge in [0.05, 0.1) is 18.9 Å². The Morgan fingerprint density at radius 2 is 2.18 bits per heavy atom. The van der Waals surface area contributed by atoms with E-state index in [0.717, 1.165) is 22.4 Å². The lowest BCUT2D eigenvalue weighted by molar-refractivity contribution is -0.139. The van der Waals surface area contributed by atoms with Crippen LogP contribution < -0.4 is 11.1 Å². The minimum Gasteiger partial charge on any atom is -0.480 e. The number of carboxylic acid groups (broad SMARTS) is 1. The average Bonchev–Trinajstić information content (AvgIpc) is 2.78. The van der Waals surface area contributed by atoms with Gasteiger partial charge in [0.1, 0.15) is 11.9 Å². The average molecular weight is 235 g/mol. The summed E-state index contributed by atoms with van der Waals surface area (Å²) in [5, 5.41) is 12.0. The van der Waals surface area contributed by atoms with Crippen molar-refractivity contribution in [2.45, 2.75) is 32.2 Å². The van der Waals surface area contributed by atoms with Crippen molar-refractivity contribution in [2.75, 3.05) is 5.73 Å². The number of ether oxygens (including phenoxy) is 1. The Bertz CT molecular complexity index is 501. The topological polar surface area (TPSA) is 97.5 Å². The molecule has 0 bridgehead atoms. The highest BCUT2D eigenvalue weighted by atomic mass is 16.5. The van der Waals surface area contributed by atoms with Gasteiger partial charge in [-0.15, -0.1) is 0 Å². The van der Waals surface area contributed by atoms with E-state index in [2.05, 4.69) is 10.3 Å². The van der Waals surface area contributed by atoms with Crippen molar-refractivity contribution >= 4 is 11.8 Å². The first-order chi connectivity index (χ1) is 8.16. The molecule has 0 unspecified atom stereocenters. The predicted molar refractivity (Wildman–Crippen MR) is 59.1 cm³/mol. The van der Waals surface area contributed by atoms with Crippen LogP contribution in [0.1, 0.15) is 22.4 Å². The van der Waals surface area contributed by atoms with Gasteiger partial charge in [0.15, 0.2) is 0 Å². The van der Waals surface area contributed by atoms with Crippen molar-refractivity contribution in [3.8, 4) is 0 Å². The van der Waals surface area contributed by atoms with E-state index in [-0.39, 0.29) is 0 Å². The molecule has 1 aromatic rings. The van der Waals surface area contributed by atoms with Crippen LogP contribution in [0.25, 0.3) is 0 Å². The first-order valence-corrected chi connectivity index (χ1v) is 5.49. The summed E-state index contributed by atoms with van der Waals surface area (Å²) in [6.07, 6.45) is 0.448. The van der Waals surface area contributed by atoms with Gasteiger partial charge in [0.25, 0.3) is 0 Å². The van der Waals surface area contributed by atoms with Crippen molar-refractivity contribution in [1.82, 2.24) is 10.3 Å². The zero-order valence-corrected chi connectivity index (χ0v) is 9.19. The van der Waals surface area contributed by atoms with Crippen LogP contribution in [0.3, 0.4) is 0 Å². The van der Waals surface area contributed by atoms with Gasteiger partial charge in [-0.05, 0) is 11.1 Å². The number of anilines is 1. The molecule has 1 aromatic heterocycles. The molecule has 0 radical (unpaired) electrons. The second-order valence-corrected chi connectivity index (χ2v) is 4.35. The predicted octanol–water partition coefficient (Wildman–Crippen LogP) is -0.207. The number of hydrogen-bond donors (Lipinski definition) is 3. The maximum absolute atomic E-state index is 11.0. The number of nitrogens with two attached hydrogens (primary N) is 1. The number of fused-ring (bicyclic) bond motifs is 3. The quantitative estimate of drug-likeness (QED) is 0.623. The molecule has 0 saturated carbocycles. The Balaban J connectivity index is 2.07. The van der Waals surface area contributed by atoms with E-state index in [1.165, 1.54) is 0 Å². The Labute approximate surface area is 97.8 Å². The van der Waals surface area contributed by atoms with E-state index in [1.54, 1.807) is 0 Å². The summed E-state index contributed by atoms with van der Waals surface area (Å²) in [7, 11) is 0. The standard InChI is InChI=1S/C11H13N3O3/c12-10-7-4-17-3-6(7)5-1-8(11(15)16)13-2-9(5)14-10/h8,13H,1-4H2,(H2,12,14)(H,15,16)/t8-/m1/s1. The molecule has 0 aromatic carbocycles. The van der Waals surface area contributed by atoms with Crippen molar-refractivity contribution < 1.29 is 14.6 Å². The lowest BCUT2D eigenvalue weighted by atomic mass is 9.93. The van der Waals surface area contributed by atoms with Crippen LogP contribution in [0.2, 0.25) is 0 Å². The lowest BCUT2D eigenvalue weighted by Gasteiger charge is -2.24. The van der Waals surface area contributed by atoms with Gasteiger partial charge in [0, 0.05) is 18.5 Å². The third-order valence-electron chi connectivity index (χ3n) is 3.36. The highest BCUT2D eigenvalue weighted by Gasteiger charge is 2.30. The molecule has 3 rings (SSSR count). The largest absolute Gasteiger partial charge is 0.480 e. The van der Waals surface area contributed by atoms with E-state index in [9.17, 15) is 4.79 Å². The normalized spacial score (nSPS) is 22.0. The highest BCUT2D eigenvalue weighted by Crippen LogP contribution is 2.31. The number of rotatable bonds is 1. The number of carbonyl (C=O) groups is 1. The van der Waals surface area contributed by atoms with Crippen LogP contribution in [0, 0.1) is 0 Å². The first-order valence-electron chi connectivity index (χ1n) is 5.49. The fourth-order valence-corrected chi connectivity index (χ4v) is 2.44. The second-order valence-electron chi connectivity index (χ2n) is 4.35. The molecule has 0 fully saturated rings. The molecule has 3 heterocycles. The van der Waals surface area contributed by atoms with Crippen molar-refractivity contribution in [3.63, 3.8) is 0 Å². The fourth-order valence-electron chi connectivity index (χ4n) is 2.44. The summed E-state index contributed by atoms with van der Waals surface area (Å²) in [5.74, 6) is -0.327. The molecule has 1 atom stereocenters. The second kappa shape index (κ2) is 3.68. The summed E-state index contributed by atoms with van der Waals surface area (Å²) in [5.41, 5.74) is 9.67. The molecule has 90 valence electrons. The summed E-state index contributed by atoms with van der Waals surface area (Å²) in [4.78, 5) is 15.3. The lowest BCUT2D eigenvalue weighted by Crippen LogP contribution is -2.42. The summed E-state index contributed by atoms with van der Waals surface area (Å²) in [6, 6.07) is -0.544. The Morgan fingerprint density at radius 1 is 1.41 bits per heavy atom. The van der Waals surface area contributed by atoms with Gasteiger partial charge in [0.2, 0.25) is 0 Å². The number of nitrogen functional groups attached to an aromatic ring is 1. The van der Waals surface area contributed by atoms with Crippen LogP contribution >= 0.6 is 0 Å². The van der Waals surface area contributed by atoms with E-state index in [0.29, 0.717) is 32.0 Å². The molecule has 6 heteroatoms. The smallest absolute Gasteiger partial charge is 0.321 e. The van der Waals surface area contributed by atoms with Crippen LogP contribution in [-0.2, 0) is 35.7 Å². The van der Waals surface area contributed by atoms with Crippen LogP contribution in [0.5, 0.6) is 0 Å². The first kappa shape index (κ1) is 10.5. The molecule has 0 amide bonds. The molecular formula is C11H13N3O3. The molecule has 2 aliphatic rings. The number of aliphatic carboxylic acids is 1. The molecular weight excluding hydrogens is 222 g/mol. The van der Waals surface area contributed by atoms with Gasteiger partial charge >= 0.3 is 5.97 Å². The maximum atomic E-state index is 11.0. The van der Waals surface area contributed by atoms with Crippen LogP contribution in [0.15, 0.2) is 0 Å². The van der Waals surface area contributed by atoms with Gasteiger partial charge < -0.3 is 15.6 Å². The van der Waals surface area contributed by atoms with Crippen molar-refractivity contribution in [3.05, 3.63) is 22.4 Å². The molecule has 0 saturated heterocycles. The van der Waals surface area contributed by atoms with Gasteiger partial charge in [-0.1, -0.05) is 0 Å². The number of hydrogen-bond acceptors (Lipinski definition) is 5. The molecule has 4 N–H and O–H groups in total. The zero-order valence-electron chi connectivity index (χ0n) is 9.19. The minimum absolute atomic E-state index is 0.448. The Morgan fingerprint density at radius 3 is 2.94 bits per heavy atom. The molecule has 17 heavy (non-hydrogen) atoms. The molecule has 2 aliphatic heterocycles. The summed E-state index contributed by atoms with van der Waals surface area (Å²) < 4.78 is 5.37. The molecule has 0 aliphatic carbocycles. The number of carboxylic acids is 1. The SMILES string of the molecule is Nc1nc2c(c3c1COC3)C[C@H](C(=O)O)NC2. The third kappa shape index (κ3) is 1.57. The van der Waals surface area contributed by atoms with Crippen molar-refractivity contribution in [1.29, 1.82) is 0 Å². The fraction of sp³-hybridized carbons (Fsp3) is 0.455. The highest BCUT2D eigenvalue weighted by molar-refractivity contribution is 5.74. The van der Waals surface area contributed by atoms with Gasteiger partial charge in [-0.2, -0.15) is 0 Å². The van der Waals surface area contributed by atoms with E-state index in [1.807, 2.05) is 0 Å². The monoisotopic (exact) mass is 235 g/mol. The van der Waals surface area contributed by atoms with E-state index >= 15 is 0 Å². The molecule has 0 spiro atoms. The van der Waals surface area contributed by atoms with Crippen LogP contribution in [-0.4, -0.2) is 22.1 Å². The number of pyridine rings is 1. The minimum atomic E-state index is -0.833. The Kier molecular flexibility index (Phi) is 2.27. The summed E-state index contributed by atoms with van der Waals surface area (Å²) in [6.45, 7) is 1.44. The molecule has 6 nitrogen and oxygen atoms in total. The summed E-state index contributed by atoms with van der Waals surface area (Å²) >= 11 is 0. The van der Waals surface area contributed by atoms with Gasteiger partial charge in [-0.3, -0.25) is 10.1 Å². The number of aromatic nitrogens is 1. The van der Waals surface area contributed by atoms with Crippen LogP contribution in [0.4, 0.5) is 5.82 Å². The zero-order chi connectivity index (χ0) is 12.0. The number of nitrogens with one attached hydrogen (secondary N) is 1. The van der Waals surface area contributed by atoms with Gasteiger partial charge in [-0.25, -0.2) is 4.98 Å². The Hall–Kier alpha value is -1.66. The maximum Gasteiger partial charge on any atom is 0.321 e.